The van der Waals surface area contributed by atoms with Crippen molar-refractivity contribution in [1.29, 1.82) is 0 Å². The van der Waals surface area contributed by atoms with Crippen LogP contribution in [0.4, 0.5) is 0 Å². The van der Waals surface area contributed by atoms with Gasteiger partial charge in [0.05, 0.1) is 17.6 Å². The van der Waals surface area contributed by atoms with Gasteiger partial charge in [-0.2, -0.15) is 0 Å². The van der Waals surface area contributed by atoms with Gasteiger partial charge < -0.3 is 10.3 Å². The molecule has 2 aromatic rings. The molecular formula is C16H22N4. The van der Waals surface area contributed by atoms with Crippen LogP contribution in [0.5, 0.6) is 0 Å². The number of H-pyrrole nitrogens is 1. The summed E-state index contributed by atoms with van der Waals surface area (Å²) in [7, 11) is 0. The minimum atomic E-state index is 0.711. The Morgan fingerprint density at radius 1 is 1.30 bits per heavy atom. The summed E-state index contributed by atoms with van der Waals surface area (Å²) in [5, 5.41) is 3.54. The largest absolute Gasteiger partial charge is 0.341 e. The summed E-state index contributed by atoms with van der Waals surface area (Å²) in [6.07, 6.45) is 1.24. The molecule has 4 rings (SSSR count). The van der Waals surface area contributed by atoms with Gasteiger partial charge in [-0.15, -0.1) is 0 Å². The van der Waals surface area contributed by atoms with Crippen molar-refractivity contribution < 1.29 is 0 Å². The SMILES string of the molecule is CCC1C2CNCC2CN1Cc1nc2ccccc2[nH]1. The molecule has 0 amide bonds. The number of hydrogen-bond acceptors (Lipinski definition) is 3. The molecule has 20 heavy (non-hydrogen) atoms. The minimum absolute atomic E-state index is 0.711. The van der Waals surface area contributed by atoms with Crippen molar-refractivity contribution in [3.63, 3.8) is 0 Å². The van der Waals surface area contributed by atoms with Crippen LogP contribution >= 0.6 is 0 Å². The quantitative estimate of drug-likeness (QED) is 0.896. The molecule has 1 aromatic heterocycles. The molecule has 106 valence electrons. The predicted octanol–water partition coefficient (Wildman–Crippen LogP) is 1.99. The van der Waals surface area contributed by atoms with Crippen LogP contribution in [0.1, 0.15) is 19.2 Å². The van der Waals surface area contributed by atoms with E-state index in [4.69, 9.17) is 4.98 Å². The van der Waals surface area contributed by atoms with Crippen LogP contribution in [0.2, 0.25) is 0 Å². The van der Waals surface area contributed by atoms with Crippen LogP contribution in [-0.4, -0.2) is 40.5 Å². The lowest BCUT2D eigenvalue weighted by atomic mass is 9.93. The third-order valence-electron chi connectivity index (χ3n) is 5.03. The van der Waals surface area contributed by atoms with Crippen molar-refractivity contribution in [2.24, 2.45) is 11.8 Å². The van der Waals surface area contributed by atoms with Crippen LogP contribution in [0.3, 0.4) is 0 Å². The summed E-state index contributed by atoms with van der Waals surface area (Å²) < 4.78 is 0. The zero-order valence-corrected chi connectivity index (χ0v) is 12.0. The van der Waals surface area contributed by atoms with Gasteiger partial charge in [-0.05, 0) is 43.5 Å². The molecule has 0 aliphatic carbocycles. The first kappa shape index (κ1) is 12.4. The molecule has 4 heteroatoms. The molecule has 0 saturated carbocycles. The zero-order valence-electron chi connectivity index (χ0n) is 12.0. The summed E-state index contributed by atoms with van der Waals surface area (Å²) in [6.45, 7) is 6.88. The number of imidazole rings is 1. The highest BCUT2D eigenvalue weighted by molar-refractivity contribution is 5.74. The highest BCUT2D eigenvalue weighted by Gasteiger charge is 2.43. The summed E-state index contributed by atoms with van der Waals surface area (Å²) in [5.41, 5.74) is 2.23. The zero-order chi connectivity index (χ0) is 13.5. The monoisotopic (exact) mass is 270 g/mol. The van der Waals surface area contributed by atoms with E-state index in [2.05, 4.69) is 40.3 Å². The van der Waals surface area contributed by atoms with Gasteiger partial charge in [0, 0.05) is 12.6 Å². The molecule has 2 aliphatic heterocycles. The maximum absolute atomic E-state index is 4.73. The topological polar surface area (TPSA) is 44.0 Å². The number of likely N-dealkylation sites (tertiary alicyclic amines) is 1. The number of nitrogens with zero attached hydrogens (tertiary/aromatic N) is 2. The Kier molecular flexibility index (Phi) is 3.00. The number of nitrogens with one attached hydrogen (secondary N) is 2. The molecule has 2 saturated heterocycles. The molecule has 2 N–H and O–H groups in total. The minimum Gasteiger partial charge on any atom is -0.341 e. The van der Waals surface area contributed by atoms with Crippen LogP contribution in [0.25, 0.3) is 11.0 Å². The molecule has 3 atom stereocenters. The Morgan fingerprint density at radius 3 is 3.05 bits per heavy atom. The van der Waals surface area contributed by atoms with Gasteiger partial charge in [0.1, 0.15) is 5.82 Å². The molecule has 1 aromatic carbocycles. The second-order valence-electron chi connectivity index (χ2n) is 6.19. The third-order valence-corrected chi connectivity index (χ3v) is 5.03. The van der Waals surface area contributed by atoms with E-state index >= 15 is 0 Å². The van der Waals surface area contributed by atoms with Crippen molar-refractivity contribution in [3.05, 3.63) is 30.1 Å². The smallest absolute Gasteiger partial charge is 0.121 e. The second-order valence-corrected chi connectivity index (χ2v) is 6.19. The molecule has 2 fully saturated rings. The van der Waals surface area contributed by atoms with Gasteiger partial charge in [-0.1, -0.05) is 19.1 Å². The second kappa shape index (κ2) is 4.86. The maximum Gasteiger partial charge on any atom is 0.121 e. The lowest BCUT2D eigenvalue weighted by Gasteiger charge is -2.25. The van der Waals surface area contributed by atoms with Crippen molar-refractivity contribution in [3.8, 4) is 0 Å². The maximum atomic E-state index is 4.73. The molecule has 0 bridgehead atoms. The number of aromatic nitrogens is 2. The van der Waals surface area contributed by atoms with Gasteiger partial charge in [0.2, 0.25) is 0 Å². The van der Waals surface area contributed by atoms with Crippen LogP contribution in [0.15, 0.2) is 24.3 Å². The molecule has 3 heterocycles. The van der Waals surface area contributed by atoms with Gasteiger partial charge in [-0.25, -0.2) is 4.98 Å². The average molecular weight is 270 g/mol. The van der Waals surface area contributed by atoms with E-state index in [0.717, 1.165) is 35.2 Å². The van der Waals surface area contributed by atoms with Gasteiger partial charge in [0.15, 0.2) is 0 Å². The van der Waals surface area contributed by atoms with E-state index in [9.17, 15) is 0 Å². The number of para-hydroxylation sites is 2. The normalized spacial score (nSPS) is 30.1. The number of hydrogen-bond donors (Lipinski definition) is 2. The lowest BCUT2D eigenvalue weighted by molar-refractivity contribution is 0.206. The summed E-state index contributed by atoms with van der Waals surface area (Å²) in [5.74, 6) is 2.78. The van der Waals surface area contributed by atoms with Crippen molar-refractivity contribution in [2.45, 2.75) is 25.9 Å². The first-order valence-corrected chi connectivity index (χ1v) is 7.73. The first-order chi connectivity index (χ1) is 9.85. The molecule has 4 nitrogen and oxygen atoms in total. The van der Waals surface area contributed by atoms with Crippen LogP contribution in [-0.2, 0) is 6.54 Å². The van der Waals surface area contributed by atoms with Crippen molar-refractivity contribution >= 4 is 11.0 Å². The van der Waals surface area contributed by atoms with Crippen molar-refractivity contribution in [1.82, 2.24) is 20.2 Å². The fourth-order valence-electron chi connectivity index (χ4n) is 4.13. The number of benzene rings is 1. The van der Waals surface area contributed by atoms with E-state index in [-0.39, 0.29) is 0 Å². The predicted molar refractivity (Wildman–Crippen MR) is 80.4 cm³/mol. The average Bonchev–Trinajstić information content (AvgIpc) is 3.11. The lowest BCUT2D eigenvalue weighted by Crippen LogP contribution is -2.34. The van der Waals surface area contributed by atoms with Crippen LogP contribution < -0.4 is 5.32 Å². The summed E-state index contributed by atoms with van der Waals surface area (Å²) in [4.78, 5) is 10.8. The molecule has 0 spiro atoms. The summed E-state index contributed by atoms with van der Waals surface area (Å²) >= 11 is 0. The van der Waals surface area contributed by atoms with Gasteiger partial charge in [-0.3, -0.25) is 4.90 Å². The Bertz CT molecular complexity index is 572. The van der Waals surface area contributed by atoms with Gasteiger partial charge in [0.25, 0.3) is 0 Å². The Hall–Kier alpha value is -1.39. The van der Waals surface area contributed by atoms with E-state index in [1.54, 1.807) is 0 Å². The molecule has 2 aliphatic rings. The van der Waals surface area contributed by atoms with Gasteiger partial charge >= 0.3 is 0 Å². The Labute approximate surface area is 119 Å². The number of aromatic amines is 1. The number of fused-ring (bicyclic) bond motifs is 2. The Morgan fingerprint density at radius 2 is 2.20 bits per heavy atom. The van der Waals surface area contributed by atoms with Crippen LogP contribution in [0, 0.1) is 11.8 Å². The fraction of sp³-hybridized carbons (Fsp3) is 0.562. The fourth-order valence-corrected chi connectivity index (χ4v) is 4.13. The number of rotatable bonds is 3. The van der Waals surface area contributed by atoms with E-state index < -0.39 is 0 Å². The Balaban J connectivity index is 1.56. The summed E-state index contributed by atoms with van der Waals surface area (Å²) in [6, 6.07) is 9.00. The molecular weight excluding hydrogens is 248 g/mol. The first-order valence-electron chi connectivity index (χ1n) is 7.73. The molecule has 3 unspecified atom stereocenters. The third kappa shape index (κ3) is 1.95. The van der Waals surface area contributed by atoms with E-state index in [1.807, 2.05) is 6.07 Å². The van der Waals surface area contributed by atoms with E-state index in [1.165, 1.54) is 26.1 Å². The standard InChI is InChI=1S/C16H22N4/c1-2-15-12-8-17-7-11(12)9-20(15)10-16-18-13-5-3-4-6-14(13)19-16/h3-6,11-12,15,17H,2,7-10H2,1H3,(H,18,19). The van der Waals surface area contributed by atoms with E-state index in [0.29, 0.717) is 6.04 Å². The van der Waals surface area contributed by atoms with Crippen molar-refractivity contribution in [2.75, 3.05) is 19.6 Å². The molecule has 0 radical (unpaired) electrons. The highest BCUT2D eigenvalue weighted by atomic mass is 15.2. The highest BCUT2D eigenvalue weighted by Crippen LogP contribution is 2.34.